The van der Waals surface area contributed by atoms with Crippen molar-refractivity contribution >= 4 is 21.8 Å². The number of nitrogens with zero attached hydrogens (tertiary/aromatic N) is 1. The lowest BCUT2D eigenvalue weighted by atomic mass is 10.1. The Labute approximate surface area is 115 Å². The highest BCUT2D eigenvalue weighted by molar-refractivity contribution is 9.10. The molecule has 5 heteroatoms. The Kier molecular flexibility index (Phi) is 4.87. The van der Waals surface area contributed by atoms with Crippen molar-refractivity contribution in [1.29, 1.82) is 0 Å². The molecule has 0 aromatic heterocycles. The van der Waals surface area contributed by atoms with Crippen LogP contribution < -0.4 is 0 Å². The van der Waals surface area contributed by atoms with Gasteiger partial charge in [0, 0.05) is 17.6 Å². The van der Waals surface area contributed by atoms with Gasteiger partial charge in [-0.1, -0.05) is 6.07 Å². The van der Waals surface area contributed by atoms with Gasteiger partial charge in [0.15, 0.2) is 0 Å². The van der Waals surface area contributed by atoms with E-state index in [0.29, 0.717) is 11.0 Å². The molecule has 18 heavy (non-hydrogen) atoms. The summed E-state index contributed by atoms with van der Waals surface area (Å²) in [6, 6.07) is 4.40. The SMILES string of the molecule is CCN(CC(C)(C)O)C(=O)c1c(F)cccc1Br. The molecule has 0 unspecified atom stereocenters. The van der Waals surface area contributed by atoms with Crippen molar-refractivity contribution in [2.75, 3.05) is 13.1 Å². The van der Waals surface area contributed by atoms with Gasteiger partial charge in [-0.15, -0.1) is 0 Å². The van der Waals surface area contributed by atoms with Crippen LogP contribution in [0.2, 0.25) is 0 Å². The second-order valence-electron chi connectivity index (χ2n) is 4.73. The molecule has 0 bridgehead atoms. The highest BCUT2D eigenvalue weighted by Gasteiger charge is 2.25. The van der Waals surface area contributed by atoms with E-state index in [2.05, 4.69) is 15.9 Å². The fraction of sp³-hybridized carbons (Fsp3) is 0.462. The zero-order valence-electron chi connectivity index (χ0n) is 10.7. The average molecular weight is 318 g/mol. The maximum Gasteiger partial charge on any atom is 0.258 e. The number of halogens is 2. The summed E-state index contributed by atoms with van der Waals surface area (Å²) < 4.78 is 14.1. The van der Waals surface area contributed by atoms with Crippen LogP contribution in [0.1, 0.15) is 31.1 Å². The second-order valence-corrected chi connectivity index (χ2v) is 5.58. The lowest BCUT2D eigenvalue weighted by molar-refractivity contribution is 0.0311. The van der Waals surface area contributed by atoms with Crippen LogP contribution in [0.15, 0.2) is 22.7 Å². The van der Waals surface area contributed by atoms with Crippen LogP contribution in [-0.2, 0) is 0 Å². The summed E-state index contributed by atoms with van der Waals surface area (Å²) in [6.45, 7) is 5.57. The summed E-state index contributed by atoms with van der Waals surface area (Å²) in [4.78, 5) is 13.7. The molecule has 0 saturated heterocycles. The van der Waals surface area contributed by atoms with Crippen LogP contribution in [-0.4, -0.2) is 34.6 Å². The normalized spacial score (nSPS) is 11.4. The number of benzene rings is 1. The minimum Gasteiger partial charge on any atom is -0.389 e. The standard InChI is InChI=1S/C13H17BrFNO2/c1-4-16(8-13(2,3)18)12(17)11-9(14)6-5-7-10(11)15/h5-7,18H,4,8H2,1-3H3. The Bertz CT molecular complexity index is 423. The van der Waals surface area contributed by atoms with Crippen LogP contribution in [0.25, 0.3) is 0 Å². The number of hydrogen-bond donors (Lipinski definition) is 1. The Morgan fingerprint density at radius 3 is 2.56 bits per heavy atom. The minimum atomic E-state index is -1.01. The first-order valence-corrected chi connectivity index (χ1v) is 6.51. The molecule has 0 fully saturated rings. The van der Waals surface area contributed by atoms with E-state index < -0.39 is 17.3 Å². The Balaban J connectivity index is 3.04. The van der Waals surface area contributed by atoms with E-state index in [-0.39, 0.29) is 12.1 Å². The van der Waals surface area contributed by atoms with Crippen molar-refractivity contribution < 1.29 is 14.3 Å². The molecule has 100 valence electrons. The molecule has 0 radical (unpaired) electrons. The number of carbonyl (C=O) groups excluding carboxylic acids is 1. The van der Waals surface area contributed by atoms with E-state index in [1.807, 2.05) is 0 Å². The fourth-order valence-electron chi connectivity index (χ4n) is 1.65. The molecule has 0 atom stereocenters. The first-order valence-electron chi connectivity index (χ1n) is 5.72. The monoisotopic (exact) mass is 317 g/mol. The van der Waals surface area contributed by atoms with Gasteiger partial charge in [-0.2, -0.15) is 0 Å². The molecular formula is C13H17BrFNO2. The third-order valence-electron chi connectivity index (χ3n) is 2.42. The van der Waals surface area contributed by atoms with Crippen molar-refractivity contribution in [3.8, 4) is 0 Å². The second kappa shape index (κ2) is 5.80. The fourth-order valence-corrected chi connectivity index (χ4v) is 2.17. The Morgan fingerprint density at radius 1 is 1.50 bits per heavy atom. The predicted molar refractivity (Wildman–Crippen MR) is 72.0 cm³/mol. The van der Waals surface area contributed by atoms with Gasteiger partial charge in [-0.25, -0.2) is 4.39 Å². The molecular weight excluding hydrogens is 301 g/mol. The van der Waals surface area contributed by atoms with E-state index >= 15 is 0 Å². The maximum absolute atomic E-state index is 13.7. The summed E-state index contributed by atoms with van der Waals surface area (Å²) in [5.74, 6) is -0.992. The van der Waals surface area contributed by atoms with E-state index in [0.717, 1.165) is 0 Å². The smallest absolute Gasteiger partial charge is 0.258 e. The van der Waals surface area contributed by atoms with E-state index in [1.54, 1.807) is 26.8 Å². The van der Waals surface area contributed by atoms with Gasteiger partial charge in [0.05, 0.1) is 11.2 Å². The third-order valence-corrected chi connectivity index (χ3v) is 3.08. The molecule has 1 rings (SSSR count). The van der Waals surface area contributed by atoms with Crippen molar-refractivity contribution in [1.82, 2.24) is 4.90 Å². The molecule has 0 saturated carbocycles. The molecule has 0 aliphatic rings. The largest absolute Gasteiger partial charge is 0.389 e. The van der Waals surface area contributed by atoms with Gasteiger partial charge < -0.3 is 10.0 Å². The van der Waals surface area contributed by atoms with Gasteiger partial charge in [0.1, 0.15) is 5.82 Å². The molecule has 0 aliphatic heterocycles. The first-order chi connectivity index (χ1) is 8.26. The molecule has 0 heterocycles. The summed E-state index contributed by atoms with van der Waals surface area (Å²) in [6.07, 6.45) is 0. The highest BCUT2D eigenvalue weighted by Crippen LogP contribution is 2.22. The molecule has 1 aromatic rings. The number of aliphatic hydroxyl groups is 1. The number of hydrogen-bond acceptors (Lipinski definition) is 2. The number of likely N-dealkylation sites (N-methyl/N-ethyl adjacent to an activating group) is 1. The van der Waals surface area contributed by atoms with E-state index in [4.69, 9.17) is 0 Å². The summed E-state index contributed by atoms with van der Waals surface area (Å²) in [5, 5.41) is 9.75. The Morgan fingerprint density at radius 2 is 2.11 bits per heavy atom. The predicted octanol–water partition coefficient (Wildman–Crippen LogP) is 2.82. The Hall–Kier alpha value is -0.940. The van der Waals surface area contributed by atoms with Crippen molar-refractivity contribution in [2.45, 2.75) is 26.4 Å². The average Bonchev–Trinajstić information content (AvgIpc) is 2.24. The van der Waals surface area contributed by atoms with Crippen molar-refractivity contribution in [3.63, 3.8) is 0 Å². The number of rotatable bonds is 4. The number of amides is 1. The number of carbonyl (C=O) groups is 1. The quantitative estimate of drug-likeness (QED) is 0.927. The third kappa shape index (κ3) is 3.78. The van der Waals surface area contributed by atoms with Gasteiger partial charge in [-0.3, -0.25) is 4.79 Å². The molecule has 1 N–H and O–H groups in total. The minimum absolute atomic E-state index is 0.00333. The van der Waals surface area contributed by atoms with Crippen LogP contribution in [0.4, 0.5) is 4.39 Å². The van der Waals surface area contributed by atoms with Gasteiger partial charge in [0.2, 0.25) is 0 Å². The lowest BCUT2D eigenvalue weighted by Gasteiger charge is -2.28. The van der Waals surface area contributed by atoms with Crippen LogP contribution >= 0.6 is 15.9 Å². The van der Waals surface area contributed by atoms with Gasteiger partial charge >= 0.3 is 0 Å². The maximum atomic E-state index is 13.7. The molecule has 1 amide bonds. The zero-order valence-corrected chi connectivity index (χ0v) is 12.3. The molecule has 1 aromatic carbocycles. The van der Waals surface area contributed by atoms with E-state index in [1.165, 1.54) is 17.0 Å². The van der Waals surface area contributed by atoms with Crippen LogP contribution in [0.3, 0.4) is 0 Å². The summed E-state index contributed by atoms with van der Waals surface area (Å²) in [5.41, 5.74) is -1.01. The summed E-state index contributed by atoms with van der Waals surface area (Å²) in [7, 11) is 0. The van der Waals surface area contributed by atoms with Crippen LogP contribution in [0.5, 0.6) is 0 Å². The molecule has 3 nitrogen and oxygen atoms in total. The summed E-state index contributed by atoms with van der Waals surface area (Å²) >= 11 is 3.17. The molecule has 0 spiro atoms. The molecule has 0 aliphatic carbocycles. The van der Waals surface area contributed by atoms with Gasteiger partial charge in [-0.05, 0) is 48.8 Å². The van der Waals surface area contributed by atoms with E-state index in [9.17, 15) is 14.3 Å². The highest BCUT2D eigenvalue weighted by atomic mass is 79.9. The van der Waals surface area contributed by atoms with Crippen LogP contribution in [0, 0.1) is 5.82 Å². The zero-order chi connectivity index (χ0) is 13.9. The van der Waals surface area contributed by atoms with Gasteiger partial charge in [0.25, 0.3) is 5.91 Å². The topological polar surface area (TPSA) is 40.5 Å². The lowest BCUT2D eigenvalue weighted by Crippen LogP contribution is -2.42. The van der Waals surface area contributed by atoms with Crippen molar-refractivity contribution in [2.24, 2.45) is 0 Å². The first kappa shape index (κ1) is 15.1. The van der Waals surface area contributed by atoms with Crippen molar-refractivity contribution in [3.05, 3.63) is 34.1 Å².